The molecule has 2 aromatic rings. The van der Waals surface area contributed by atoms with Crippen LogP contribution in [0.1, 0.15) is 39.2 Å². The number of alkyl carbamates (subject to hydrolysis) is 1. The van der Waals surface area contributed by atoms with Gasteiger partial charge in [-0.25, -0.2) is 14.4 Å². The second-order valence-corrected chi connectivity index (χ2v) is 10.8. The molecule has 42 heavy (non-hydrogen) atoms. The van der Waals surface area contributed by atoms with Crippen LogP contribution in [0.4, 0.5) is 20.1 Å². The van der Waals surface area contributed by atoms with Crippen LogP contribution < -0.4 is 10.6 Å². The molecule has 226 valence electrons. The van der Waals surface area contributed by atoms with Gasteiger partial charge in [-0.1, -0.05) is 54.6 Å². The molecule has 0 saturated carbocycles. The maximum absolute atomic E-state index is 13.4. The van der Waals surface area contributed by atoms with Crippen LogP contribution in [0.15, 0.2) is 73.3 Å². The van der Waals surface area contributed by atoms with E-state index in [0.29, 0.717) is 18.7 Å². The molecule has 0 bridgehead atoms. The summed E-state index contributed by atoms with van der Waals surface area (Å²) in [5, 5.41) is 5.27. The lowest BCUT2D eigenvalue weighted by Gasteiger charge is -2.29. The van der Waals surface area contributed by atoms with Crippen LogP contribution >= 0.6 is 0 Å². The minimum absolute atomic E-state index is 0.0643. The van der Waals surface area contributed by atoms with Gasteiger partial charge in [0.2, 0.25) is 5.91 Å². The van der Waals surface area contributed by atoms with E-state index < -0.39 is 29.9 Å². The van der Waals surface area contributed by atoms with Crippen molar-refractivity contribution in [3.63, 3.8) is 0 Å². The molecule has 11 heteroatoms. The highest BCUT2D eigenvalue weighted by Gasteiger charge is 2.36. The zero-order chi connectivity index (χ0) is 30.5. The van der Waals surface area contributed by atoms with Crippen molar-refractivity contribution in [2.24, 2.45) is 0 Å². The van der Waals surface area contributed by atoms with Crippen LogP contribution in [0, 0.1) is 0 Å². The van der Waals surface area contributed by atoms with Gasteiger partial charge in [0.25, 0.3) is 0 Å². The molecule has 0 aliphatic carbocycles. The Hall–Kier alpha value is -4.54. The third-order valence-electron chi connectivity index (χ3n) is 6.33. The summed E-state index contributed by atoms with van der Waals surface area (Å²) in [4.78, 5) is 54.3. The molecule has 1 saturated heterocycles. The Kier molecular flexibility index (Phi) is 11.8. The van der Waals surface area contributed by atoms with Crippen LogP contribution in [0.25, 0.3) is 0 Å². The van der Waals surface area contributed by atoms with Gasteiger partial charge < -0.3 is 24.4 Å². The Labute approximate surface area is 246 Å². The predicted octanol–water partition coefficient (Wildman–Crippen LogP) is 4.94. The van der Waals surface area contributed by atoms with E-state index in [9.17, 15) is 19.2 Å². The third-order valence-corrected chi connectivity index (χ3v) is 6.33. The molecule has 0 spiro atoms. The van der Waals surface area contributed by atoms with Crippen molar-refractivity contribution in [3.8, 4) is 0 Å². The summed E-state index contributed by atoms with van der Waals surface area (Å²) >= 11 is 0. The zero-order valence-corrected chi connectivity index (χ0v) is 24.4. The molecule has 2 atom stereocenters. The molecule has 1 aliphatic heterocycles. The second kappa shape index (κ2) is 15.5. The van der Waals surface area contributed by atoms with Crippen molar-refractivity contribution in [2.45, 2.75) is 57.9 Å². The molecule has 11 nitrogen and oxygen atoms in total. The average Bonchev–Trinajstić information content (AvgIpc) is 3.43. The highest BCUT2D eigenvalue weighted by atomic mass is 16.6. The van der Waals surface area contributed by atoms with Gasteiger partial charge in [0.15, 0.2) is 0 Å². The van der Waals surface area contributed by atoms with E-state index in [1.54, 1.807) is 56.0 Å². The quantitative estimate of drug-likeness (QED) is 0.285. The summed E-state index contributed by atoms with van der Waals surface area (Å²) in [7, 11) is 0. The van der Waals surface area contributed by atoms with Crippen molar-refractivity contribution in [2.75, 3.05) is 31.6 Å². The number of carbonyl (C=O) groups excluding carboxylic acids is 4. The molecule has 1 fully saturated rings. The standard InChI is InChI=1S/C31H40N4O7/c1-5-12-26(33-29(38)42-31(2,3)4)27(36)34-18-17-25(21-34)35(30(39)41-22-23-13-8-6-9-14-23)19-20-40-28(37)32-24-15-10-7-11-16-24/h5-11,13-16,25-26H,1,12,17-22H2,2-4H3,(H,32,37)(H,33,38). The molecule has 1 aliphatic rings. The highest BCUT2D eigenvalue weighted by molar-refractivity contribution is 5.86. The molecule has 0 aromatic heterocycles. The minimum atomic E-state index is -0.861. The van der Waals surface area contributed by atoms with Gasteiger partial charge >= 0.3 is 18.3 Å². The van der Waals surface area contributed by atoms with E-state index in [1.807, 2.05) is 36.4 Å². The van der Waals surface area contributed by atoms with Crippen molar-refractivity contribution < 1.29 is 33.4 Å². The van der Waals surface area contributed by atoms with E-state index in [4.69, 9.17) is 14.2 Å². The van der Waals surface area contributed by atoms with E-state index in [1.165, 1.54) is 4.90 Å². The minimum Gasteiger partial charge on any atom is -0.447 e. The number of nitrogens with zero attached hydrogens (tertiary/aromatic N) is 2. The highest BCUT2D eigenvalue weighted by Crippen LogP contribution is 2.19. The Morgan fingerprint density at radius 3 is 2.33 bits per heavy atom. The number of hydrogen-bond acceptors (Lipinski definition) is 7. The number of para-hydroxylation sites is 1. The topological polar surface area (TPSA) is 127 Å². The number of likely N-dealkylation sites (tertiary alicyclic amines) is 1. The Balaban J connectivity index is 1.63. The first-order valence-corrected chi connectivity index (χ1v) is 13.9. The number of carbonyl (C=O) groups is 4. The Bertz CT molecular complexity index is 1200. The Morgan fingerprint density at radius 2 is 1.69 bits per heavy atom. The zero-order valence-electron chi connectivity index (χ0n) is 24.4. The smallest absolute Gasteiger partial charge is 0.411 e. The predicted molar refractivity (Wildman–Crippen MR) is 158 cm³/mol. The molecule has 1 heterocycles. The number of ether oxygens (including phenoxy) is 3. The van der Waals surface area contributed by atoms with E-state index >= 15 is 0 Å². The van der Waals surface area contributed by atoms with Gasteiger partial charge in [0.1, 0.15) is 24.9 Å². The van der Waals surface area contributed by atoms with E-state index in [0.717, 1.165) is 5.56 Å². The van der Waals surface area contributed by atoms with Gasteiger partial charge in [0, 0.05) is 18.8 Å². The summed E-state index contributed by atoms with van der Waals surface area (Å²) in [6.45, 7) is 9.56. The molecule has 3 rings (SSSR count). The van der Waals surface area contributed by atoms with Crippen molar-refractivity contribution >= 4 is 29.9 Å². The second-order valence-electron chi connectivity index (χ2n) is 10.8. The Morgan fingerprint density at radius 1 is 1.02 bits per heavy atom. The molecule has 2 aromatic carbocycles. The molecule has 2 unspecified atom stereocenters. The van der Waals surface area contributed by atoms with Crippen molar-refractivity contribution in [3.05, 3.63) is 78.9 Å². The number of amides is 4. The van der Waals surface area contributed by atoms with Gasteiger partial charge in [0.05, 0.1) is 12.6 Å². The van der Waals surface area contributed by atoms with Crippen LogP contribution in [0.5, 0.6) is 0 Å². The summed E-state index contributed by atoms with van der Waals surface area (Å²) in [6, 6.07) is 16.9. The fourth-order valence-corrected chi connectivity index (χ4v) is 4.39. The largest absolute Gasteiger partial charge is 0.447 e. The van der Waals surface area contributed by atoms with Crippen molar-refractivity contribution in [1.29, 1.82) is 0 Å². The van der Waals surface area contributed by atoms with Gasteiger partial charge in [-0.15, -0.1) is 6.58 Å². The number of rotatable bonds is 11. The van der Waals surface area contributed by atoms with Crippen LogP contribution in [-0.2, 0) is 25.6 Å². The summed E-state index contributed by atoms with van der Waals surface area (Å²) in [6.07, 6.45) is 0.318. The van der Waals surface area contributed by atoms with Gasteiger partial charge in [-0.05, 0) is 51.3 Å². The average molecular weight is 581 g/mol. The number of hydrogen-bond donors (Lipinski definition) is 2. The summed E-state index contributed by atoms with van der Waals surface area (Å²) < 4.78 is 16.2. The molecular formula is C31H40N4O7. The van der Waals surface area contributed by atoms with Gasteiger partial charge in [-0.2, -0.15) is 0 Å². The molecular weight excluding hydrogens is 540 g/mol. The fourth-order valence-electron chi connectivity index (χ4n) is 4.39. The van der Waals surface area contributed by atoms with Crippen molar-refractivity contribution in [1.82, 2.24) is 15.1 Å². The number of benzene rings is 2. The maximum atomic E-state index is 13.4. The first kappa shape index (κ1) is 32.0. The monoisotopic (exact) mass is 580 g/mol. The fraction of sp³-hybridized carbons (Fsp3) is 0.419. The third kappa shape index (κ3) is 10.5. The van der Waals surface area contributed by atoms with Crippen LogP contribution in [-0.4, -0.2) is 77.9 Å². The first-order valence-electron chi connectivity index (χ1n) is 13.9. The lowest BCUT2D eigenvalue weighted by molar-refractivity contribution is -0.132. The number of nitrogens with one attached hydrogen (secondary N) is 2. The first-order chi connectivity index (χ1) is 20.1. The SMILES string of the molecule is C=CCC(NC(=O)OC(C)(C)C)C(=O)N1CCC(N(CCOC(=O)Nc2ccccc2)C(=O)OCc2ccccc2)C1. The molecule has 0 radical (unpaired) electrons. The molecule has 2 N–H and O–H groups in total. The maximum Gasteiger partial charge on any atom is 0.411 e. The van der Waals surface area contributed by atoms with E-state index in [2.05, 4.69) is 17.2 Å². The summed E-state index contributed by atoms with van der Waals surface area (Å²) in [5.41, 5.74) is 0.694. The molecule has 4 amide bonds. The van der Waals surface area contributed by atoms with Crippen LogP contribution in [0.2, 0.25) is 0 Å². The lowest BCUT2D eigenvalue weighted by atomic mass is 10.1. The van der Waals surface area contributed by atoms with Crippen LogP contribution in [0.3, 0.4) is 0 Å². The normalized spacial score (nSPS) is 15.2. The van der Waals surface area contributed by atoms with Gasteiger partial charge in [-0.3, -0.25) is 15.0 Å². The summed E-state index contributed by atoms with van der Waals surface area (Å²) in [5.74, 6) is -0.306. The lowest BCUT2D eigenvalue weighted by Crippen LogP contribution is -2.50. The van der Waals surface area contributed by atoms with E-state index in [-0.39, 0.29) is 44.7 Å². The number of anilines is 1.